The van der Waals surface area contributed by atoms with Crippen LogP contribution in [0.3, 0.4) is 0 Å². The summed E-state index contributed by atoms with van der Waals surface area (Å²) in [7, 11) is 0. The number of rotatable bonds is 7. The molecule has 0 saturated carbocycles. The van der Waals surface area contributed by atoms with Gasteiger partial charge in [-0.3, -0.25) is 4.79 Å². The van der Waals surface area contributed by atoms with Crippen LogP contribution in [0.25, 0.3) is 5.57 Å². The third-order valence-electron chi connectivity index (χ3n) is 5.15. The average Bonchev–Trinajstić information content (AvgIpc) is 2.53. The molecular formula is C23H34O2S. The van der Waals surface area contributed by atoms with Crippen molar-refractivity contribution in [1.82, 2.24) is 0 Å². The number of aliphatic hydroxyl groups excluding tert-OH is 1. The van der Waals surface area contributed by atoms with Gasteiger partial charge in [0.15, 0.2) is 5.78 Å². The fraction of sp³-hybridized carbons (Fsp3) is 0.609. The van der Waals surface area contributed by atoms with Gasteiger partial charge in [-0.2, -0.15) is 11.8 Å². The first-order chi connectivity index (χ1) is 12.3. The van der Waals surface area contributed by atoms with E-state index < -0.39 is 0 Å². The third kappa shape index (κ3) is 4.94. The molecule has 1 aromatic carbocycles. The summed E-state index contributed by atoms with van der Waals surface area (Å²) < 4.78 is 0. The molecule has 2 nitrogen and oxygen atoms in total. The topological polar surface area (TPSA) is 37.3 Å². The van der Waals surface area contributed by atoms with Crippen molar-refractivity contribution in [2.75, 3.05) is 0 Å². The van der Waals surface area contributed by atoms with Crippen LogP contribution in [-0.2, 0) is 17.6 Å². The molecule has 144 valence electrons. The van der Waals surface area contributed by atoms with Gasteiger partial charge in [0.2, 0.25) is 0 Å². The zero-order chi connectivity index (χ0) is 19.4. The molecular weight excluding hydrogens is 340 g/mol. The minimum absolute atomic E-state index is 0.119. The highest BCUT2D eigenvalue weighted by Gasteiger charge is 2.31. The second kappa shape index (κ2) is 9.12. The lowest BCUT2D eigenvalue weighted by molar-refractivity contribution is -0.115. The van der Waals surface area contributed by atoms with E-state index in [9.17, 15) is 9.90 Å². The van der Waals surface area contributed by atoms with Crippen LogP contribution in [0.1, 0.15) is 76.1 Å². The number of allylic oxidation sites excluding steroid dienone is 2. The van der Waals surface area contributed by atoms with Gasteiger partial charge in [0, 0.05) is 18.1 Å². The van der Waals surface area contributed by atoms with Crippen molar-refractivity contribution in [3.05, 3.63) is 40.1 Å². The van der Waals surface area contributed by atoms with E-state index in [4.69, 9.17) is 0 Å². The zero-order valence-electron chi connectivity index (χ0n) is 17.2. The van der Waals surface area contributed by atoms with Crippen molar-refractivity contribution in [3.63, 3.8) is 0 Å². The van der Waals surface area contributed by atoms with Crippen molar-refractivity contribution in [1.29, 1.82) is 0 Å². The number of benzene rings is 1. The maximum absolute atomic E-state index is 13.0. The Morgan fingerprint density at radius 3 is 2.15 bits per heavy atom. The molecule has 26 heavy (non-hydrogen) atoms. The van der Waals surface area contributed by atoms with Crippen molar-refractivity contribution in [2.24, 2.45) is 5.92 Å². The maximum atomic E-state index is 13.0. The van der Waals surface area contributed by atoms with Gasteiger partial charge in [0.25, 0.3) is 0 Å². The fourth-order valence-electron chi connectivity index (χ4n) is 4.23. The minimum atomic E-state index is 0.119. The molecule has 0 heterocycles. The average molecular weight is 375 g/mol. The van der Waals surface area contributed by atoms with E-state index in [1.165, 1.54) is 16.7 Å². The van der Waals surface area contributed by atoms with E-state index >= 15 is 0 Å². The Morgan fingerprint density at radius 2 is 1.69 bits per heavy atom. The summed E-state index contributed by atoms with van der Waals surface area (Å²) in [5, 5.41) is 11.9. The predicted octanol–water partition coefficient (Wildman–Crippen LogP) is 6.29. The molecule has 2 unspecified atom stereocenters. The van der Waals surface area contributed by atoms with Crippen LogP contribution < -0.4 is 0 Å². The Bertz CT molecular complexity index is 662. The molecule has 0 aromatic heterocycles. The summed E-state index contributed by atoms with van der Waals surface area (Å²) in [6, 6.07) is 4.32. The van der Waals surface area contributed by atoms with Crippen LogP contribution in [0.15, 0.2) is 17.9 Å². The smallest absolute Gasteiger partial charge is 0.167 e. The third-order valence-corrected chi connectivity index (χ3v) is 6.35. The van der Waals surface area contributed by atoms with Gasteiger partial charge in [-0.05, 0) is 54.0 Å². The lowest BCUT2D eigenvalue weighted by Crippen LogP contribution is -2.22. The predicted molar refractivity (Wildman–Crippen MR) is 114 cm³/mol. The Kier molecular flexibility index (Phi) is 7.40. The second-order valence-corrected chi connectivity index (χ2v) is 9.94. The van der Waals surface area contributed by atoms with Crippen molar-refractivity contribution < 1.29 is 9.90 Å². The number of hydrogen-bond donors (Lipinski definition) is 1. The van der Waals surface area contributed by atoms with E-state index in [0.717, 1.165) is 24.8 Å². The molecule has 0 radical (unpaired) electrons. The van der Waals surface area contributed by atoms with E-state index in [1.54, 1.807) is 0 Å². The largest absolute Gasteiger partial charge is 0.512 e. The highest BCUT2D eigenvalue weighted by Crippen LogP contribution is 2.38. The molecule has 1 aliphatic carbocycles. The number of thioether (sulfide) groups is 1. The summed E-state index contributed by atoms with van der Waals surface area (Å²) in [6.45, 7) is 13.0. The molecule has 0 amide bonds. The van der Waals surface area contributed by atoms with E-state index in [2.05, 4.69) is 53.7 Å². The zero-order valence-corrected chi connectivity index (χ0v) is 18.0. The standard InChI is InChI=1S/C23H34O2S/c1-7-18-9-15(5)10-19(8-2)22(18)23-20(24)12-17(13-21(23)25)11-16(6)26-14(3)4/h9-10,14,16-17,24H,7-8,11-13H2,1-6H3. The lowest BCUT2D eigenvalue weighted by atomic mass is 9.79. The normalized spacial score (nSPS) is 19.3. The Hall–Kier alpha value is -1.22. The number of hydrogen-bond acceptors (Lipinski definition) is 3. The number of carbonyl (C=O) groups excluding carboxylic acids is 1. The number of aryl methyl sites for hydroxylation is 3. The molecule has 0 bridgehead atoms. The van der Waals surface area contributed by atoms with E-state index in [0.29, 0.717) is 34.7 Å². The summed E-state index contributed by atoms with van der Waals surface area (Å²) in [4.78, 5) is 13.0. The number of aliphatic hydroxyl groups is 1. The van der Waals surface area contributed by atoms with Crippen molar-refractivity contribution in [2.45, 2.75) is 84.1 Å². The van der Waals surface area contributed by atoms with Crippen LogP contribution in [-0.4, -0.2) is 21.4 Å². The highest BCUT2D eigenvalue weighted by atomic mass is 32.2. The summed E-state index contributed by atoms with van der Waals surface area (Å²) in [5.41, 5.74) is 5.19. The first kappa shape index (κ1) is 21.1. The van der Waals surface area contributed by atoms with Gasteiger partial charge < -0.3 is 5.11 Å². The van der Waals surface area contributed by atoms with Crippen LogP contribution >= 0.6 is 11.8 Å². The van der Waals surface area contributed by atoms with Gasteiger partial charge in [-0.15, -0.1) is 0 Å². The summed E-state index contributed by atoms with van der Waals surface area (Å²) in [5.74, 6) is 0.683. The Labute approximate surface area is 163 Å². The molecule has 1 N–H and O–H groups in total. The maximum Gasteiger partial charge on any atom is 0.167 e. The van der Waals surface area contributed by atoms with E-state index in [1.807, 2.05) is 11.8 Å². The highest BCUT2D eigenvalue weighted by molar-refractivity contribution is 8.00. The van der Waals surface area contributed by atoms with Crippen LogP contribution in [0, 0.1) is 12.8 Å². The molecule has 0 saturated heterocycles. The molecule has 0 spiro atoms. The van der Waals surface area contributed by atoms with Crippen molar-refractivity contribution >= 4 is 23.1 Å². The van der Waals surface area contributed by atoms with Crippen molar-refractivity contribution in [3.8, 4) is 0 Å². The number of Topliss-reactive ketones (excluding diaryl/α,β-unsaturated/α-hetero) is 1. The molecule has 0 fully saturated rings. The molecule has 1 aliphatic rings. The summed E-state index contributed by atoms with van der Waals surface area (Å²) >= 11 is 1.95. The molecule has 3 heteroatoms. The second-order valence-electron chi connectivity index (χ2n) is 7.92. The lowest BCUT2D eigenvalue weighted by Gasteiger charge is -2.28. The van der Waals surface area contributed by atoms with Crippen LogP contribution in [0.4, 0.5) is 0 Å². The monoisotopic (exact) mass is 374 g/mol. The Morgan fingerprint density at radius 1 is 1.12 bits per heavy atom. The molecule has 1 aromatic rings. The SMILES string of the molecule is CCc1cc(C)cc(CC)c1C1=C(O)CC(CC(C)SC(C)C)CC1=O. The number of carbonyl (C=O) groups is 1. The van der Waals surface area contributed by atoms with Gasteiger partial charge in [-0.1, -0.05) is 52.3 Å². The van der Waals surface area contributed by atoms with Gasteiger partial charge in [-0.25, -0.2) is 0 Å². The Balaban J connectivity index is 2.34. The van der Waals surface area contributed by atoms with Crippen LogP contribution in [0.2, 0.25) is 0 Å². The first-order valence-electron chi connectivity index (χ1n) is 10.00. The molecule has 2 atom stereocenters. The minimum Gasteiger partial charge on any atom is -0.512 e. The van der Waals surface area contributed by atoms with Gasteiger partial charge in [0.05, 0.1) is 5.57 Å². The first-order valence-corrected chi connectivity index (χ1v) is 10.9. The molecule has 0 aliphatic heterocycles. The quantitative estimate of drug-likeness (QED) is 0.609. The van der Waals surface area contributed by atoms with Gasteiger partial charge in [0.1, 0.15) is 5.76 Å². The number of ketones is 1. The van der Waals surface area contributed by atoms with Crippen LogP contribution in [0.5, 0.6) is 0 Å². The summed E-state index contributed by atoms with van der Waals surface area (Å²) in [6.07, 6.45) is 3.92. The van der Waals surface area contributed by atoms with Gasteiger partial charge >= 0.3 is 0 Å². The fourth-order valence-corrected chi connectivity index (χ4v) is 5.55. The van der Waals surface area contributed by atoms with E-state index in [-0.39, 0.29) is 11.7 Å². The molecule has 2 rings (SSSR count).